The number of thiazole rings is 1. The van der Waals surface area contributed by atoms with E-state index in [1.165, 1.54) is 11.3 Å². The number of nitrogen functional groups attached to an aromatic ring is 1. The van der Waals surface area contributed by atoms with Gasteiger partial charge in [0, 0.05) is 18.4 Å². The Morgan fingerprint density at radius 1 is 1.47 bits per heavy atom. The number of anilines is 2. The van der Waals surface area contributed by atoms with Gasteiger partial charge in [0.1, 0.15) is 4.88 Å². The molecule has 0 aliphatic rings. The van der Waals surface area contributed by atoms with Crippen molar-refractivity contribution in [3.63, 3.8) is 0 Å². The van der Waals surface area contributed by atoms with Gasteiger partial charge in [-0.2, -0.15) is 0 Å². The van der Waals surface area contributed by atoms with Crippen LogP contribution in [-0.4, -0.2) is 18.0 Å². The van der Waals surface area contributed by atoms with Gasteiger partial charge < -0.3 is 15.8 Å². The number of nitrogens with one attached hydrogen (secondary N) is 1. The van der Waals surface area contributed by atoms with E-state index in [1.807, 2.05) is 24.3 Å². The topological polar surface area (TPSA) is 77.2 Å². The fourth-order valence-corrected chi connectivity index (χ4v) is 2.46. The molecule has 0 aliphatic carbocycles. The Kier molecular flexibility index (Phi) is 4.13. The number of para-hydroxylation sites is 1. The number of aryl methyl sites for hydroxylation is 1. The number of ether oxygens (including phenoxy) is 1. The highest BCUT2D eigenvalue weighted by molar-refractivity contribution is 7.17. The first kappa shape index (κ1) is 13.5. The molecule has 0 atom stereocenters. The lowest BCUT2D eigenvalue weighted by molar-refractivity contribution is 0.102. The summed E-state index contributed by atoms with van der Waals surface area (Å²) in [5.74, 6) is -0.199. The van der Waals surface area contributed by atoms with Crippen LogP contribution in [0.4, 0.5) is 10.8 Å². The summed E-state index contributed by atoms with van der Waals surface area (Å²) in [6.07, 6.45) is 0. The number of nitrogens with zero attached hydrogens (tertiary/aromatic N) is 1. The van der Waals surface area contributed by atoms with Crippen LogP contribution in [0.2, 0.25) is 0 Å². The maximum absolute atomic E-state index is 12.2. The number of hydrogen-bond donors (Lipinski definition) is 2. The van der Waals surface area contributed by atoms with Crippen LogP contribution in [0.15, 0.2) is 24.3 Å². The Hall–Kier alpha value is -1.92. The van der Waals surface area contributed by atoms with Crippen molar-refractivity contribution in [1.82, 2.24) is 4.98 Å². The standard InChI is InChI=1S/C13H15N3O2S/c1-8-11(19-13(14)15-8)12(17)16-10-6-4-3-5-9(10)7-18-2/h3-6H,7H2,1-2H3,(H2,14,15)(H,16,17). The average Bonchev–Trinajstić information content (AvgIpc) is 2.71. The van der Waals surface area contributed by atoms with Crippen LogP contribution in [0.25, 0.3) is 0 Å². The summed E-state index contributed by atoms with van der Waals surface area (Å²) >= 11 is 1.18. The number of hydrogen-bond acceptors (Lipinski definition) is 5. The lowest BCUT2D eigenvalue weighted by Gasteiger charge is -2.09. The van der Waals surface area contributed by atoms with Crippen LogP contribution >= 0.6 is 11.3 Å². The second-order valence-electron chi connectivity index (χ2n) is 4.01. The average molecular weight is 277 g/mol. The van der Waals surface area contributed by atoms with Crippen molar-refractivity contribution in [2.45, 2.75) is 13.5 Å². The van der Waals surface area contributed by atoms with Crippen LogP contribution in [0, 0.1) is 6.92 Å². The molecule has 0 aliphatic heterocycles. The zero-order chi connectivity index (χ0) is 13.8. The zero-order valence-corrected chi connectivity index (χ0v) is 11.6. The molecule has 0 fully saturated rings. The number of methoxy groups -OCH3 is 1. The number of aromatic nitrogens is 1. The van der Waals surface area contributed by atoms with E-state index in [0.717, 1.165) is 11.3 Å². The van der Waals surface area contributed by atoms with Crippen molar-refractivity contribution in [1.29, 1.82) is 0 Å². The fourth-order valence-electron chi connectivity index (χ4n) is 1.73. The molecule has 0 radical (unpaired) electrons. The van der Waals surface area contributed by atoms with Gasteiger partial charge in [-0.1, -0.05) is 29.5 Å². The largest absolute Gasteiger partial charge is 0.380 e. The first-order chi connectivity index (χ1) is 9.11. The maximum Gasteiger partial charge on any atom is 0.267 e. The molecular weight excluding hydrogens is 262 g/mol. The Morgan fingerprint density at radius 2 is 2.21 bits per heavy atom. The summed E-state index contributed by atoms with van der Waals surface area (Å²) in [5.41, 5.74) is 7.90. The van der Waals surface area contributed by atoms with Crippen LogP contribution in [0.3, 0.4) is 0 Å². The SMILES string of the molecule is COCc1ccccc1NC(=O)c1sc(N)nc1C. The molecule has 1 aromatic carbocycles. The van der Waals surface area contributed by atoms with Crippen LogP contribution in [0.1, 0.15) is 20.9 Å². The number of benzene rings is 1. The quantitative estimate of drug-likeness (QED) is 0.899. The van der Waals surface area contributed by atoms with Gasteiger partial charge in [0.15, 0.2) is 5.13 Å². The molecule has 0 bridgehead atoms. The minimum absolute atomic E-state index is 0.199. The monoisotopic (exact) mass is 277 g/mol. The first-order valence-electron chi connectivity index (χ1n) is 5.73. The van der Waals surface area contributed by atoms with Crippen LogP contribution in [-0.2, 0) is 11.3 Å². The van der Waals surface area contributed by atoms with Crippen molar-refractivity contribution < 1.29 is 9.53 Å². The first-order valence-corrected chi connectivity index (χ1v) is 6.54. The number of nitrogens with two attached hydrogens (primary N) is 1. The van der Waals surface area contributed by atoms with Crippen molar-refractivity contribution >= 4 is 28.1 Å². The van der Waals surface area contributed by atoms with Gasteiger partial charge in [0.2, 0.25) is 0 Å². The second-order valence-corrected chi connectivity index (χ2v) is 5.04. The number of carbonyl (C=O) groups is 1. The Balaban J connectivity index is 2.21. The fraction of sp³-hybridized carbons (Fsp3) is 0.231. The zero-order valence-electron chi connectivity index (χ0n) is 10.8. The molecule has 1 amide bonds. The van der Waals surface area contributed by atoms with E-state index in [-0.39, 0.29) is 5.91 Å². The van der Waals surface area contributed by atoms with Crippen molar-refractivity contribution in [3.8, 4) is 0 Å². The minimum atomic E-state index is -0.199. The summed E-state index contributed by atoms with van der Waals surface area (Å²) in [5, 5.41) is 3.26. The molecule has 0 spiro atoms. The molecule has 5 nitrogen and oxygen atoms in total. The van der Waals surface area contributed by atoms with Gasteiger partial charge in [-0.25, -0.2) is 4.98 Å². The third-order valence-electron chi connectivity index (χ3n) is 2.58. The van der Waals surface area contributed by atoms with E-state index in [4.69, 9.17) is 10.5 Å². The van der Waals surface area contributed by atoms with E-state index in [2.05, 4.69) is 10.3 Å². The lowest BCUT2D eigenvalue weighted by atomic mass is 10.2. The summed E-state index contributed by atoms with van der Waals surface area (Å²) in [7, 11) is 1.62. The molecule has 0 unspecified atom stereocenters. The molecule has 1 aromatic heterocycles. The second kappa shape index (κ2) is 5.81. The van der Waals surface area contributed by atoms with Crippen molar-refractivity contribution in [2.75, 3.05) is 18.2 Å². The van der Waals surface area contributed by atoms with Gasteiger partial charge in [0.05, 0.1) is 12.3 Å². The van der Waals surface area contributed by atoms with Crippen molar-refractivity contribution in [2.24, 2.45) is 0 Å². The maximum atomic E-state index is 12.2. The van der Waals surface area contributed by atoms with Gasteiger partial charge in [-0.15, -0.1) is 0 Å². The van der Waals surface area contributed by atoms with E-state index >= 15 is 0 Å². The molecule has 6 heteroatoms. The highest BCUT2D eigenvalue weighted by Gasteiger charge is 2.15. The number of amides is 1. The molecular formula is C13H15N3O2S. The molecule has 100 valence electrons. The molecule has 0 saturated carbocycles. The summed E-state index contributed by atoms with van der Waals surface area (Å²) in [6, 6.07) is 7.52. The molecule has 3 N–H and O–H groups in total. The molecule has 2 rings (SSSR count). The smallest absolute Gasteiger partial charge is 0.267 e. The predicted molar refractivity (Wildman–Crippen MR) is 76.4 cm³/mol. The van der Waals surface area contributed by atoms with E-state index < -0.39 is 0 Å². The normalized spacial score (nSPS) is 10.4. The van der Waals surface area contributed by atoms with Crippen LogP contribution in [0.5, 0.6) is 0 Å². The highest BCUT2D eigenvalue weighted by atomic mass is 32.1. The molecule has 2 aromatic rings. The minimum Gasteiger partial charge on any atom is -0.380 e. The van der Waals surface area contributed by atoms with E-state index in [9.17, 15) is 4.79 Å². The van der Waals surface area contributed by atoms with Crippen LogP contribution < -0.4 is 11.1 Å². The third-order valence-corrected chi connectivity index (χ3v) is 3.57. The summed E-state index contributed by atoms with van der Waals surface area (Å²) in [6.45, 7) is 2.21. The molecule has 1 heterocycles. The third kappa shape index (κ3) is 3.10. The number of carbonyl (C=O) groups excluding carboxylic acids is 1. The Labute approximate surface area is 115 Å². The predicted octanol–water partition coefficient (Wildman–Crippen LogP) is 2.43. The van der Waals surface area contributed by atoms with E-state index in [0.29, 0.717) is 22.3 Å². The van der Waals surface area contributed by atoms with Gasteiger partial charge >= 0.3 is 0 Å². The lowest BCUT2D eigenvalue weighted by Crippen LogP contribution is -2.13. The van der Waals surface area contributed by atoms with Gasteiger partial charge in [0.25, 0.3) is 5.91 Å². The highest BCUT2D eigenvalue weighted by Crippen LogP contribution is 2.22. The number of rotatable bonds is 4. The van der Waals surface area contributed by atoms with Crippen molar-refractivity contribution in [3.05, 3.63) is 40.4 Å². The summed E-state index contributed by atoms with van der Waals surface area (Å²) < 4.78 is 5.10. The Bertz CT molecular complexity index is 595. The molecule has 19 heavy (non-hydrogen) atoms. The summed E-state index contributed by atoms with van der Waals surface area (Å²) in [4.78, 5) is 16.7. The van der Waals surface area contributed by atoms with E-state index in [1.54, 1.807) is 14.0 Å². The molecule has 0 saturated heterocycles. The van der Waals surface area contributed by atoms with Gasteiger partial charge in [-0.05, 0) is 13.0 Å². The Morgan fingerprint density at radius 3 is 2.84 bits per heavy atom. The van der Waals surface area contributed by atoms with Gasteiger partial charge in [-0.3, -0.25) is 4.79 Å².